The van der Waals surface area contributed by atoms with Gasteiger partial charge in [0.25, 0.3) is 5.91 Å². The first kappa shape index (κ1) is 18.1. The maximum atomic E-state index is 13.3. The number of pyridine rings is 1. The molecule has 2 heterocycles. The summed E-state index contributed by atoms with van der Waals surface area (Å²) < 4.78 is 0. The first-order valence-corrected chi connectivity index (χ1v) is 9.50. The van der Waals surface area contributed by atoms with Crippen molar-refractivity contribution in [1.82, 2.24) is 4.98 Å². The first-order chi connectivity index (χ1) is 13.7. The molecule has 4 rings (SSSR count). The average Bonchev–Trinajstić information content (AvgIpc) is 2.75. The summed E-state index contributed by atoms with van der Waals surface area (Å²) in [5.41, 5.74) is 0.307. The zero-order valence-corrected chi connectivity index (χ0v) is 15.4. The summed E-state index contributed by atoms with van der Waals surface area (Å²) in [6.45, 7) is 0. The summed E-state index contributed by atoms with van der Waals surface area (Å²) in [5, 5.41) is 9.68. The molecule has 1 fully saturated rings. The zero-order chi connectivity index (χ0) is 19.6. The number of nitriles is 1. The van der Waals surface area contributed by atoms with Gasteiger partial charge in [0.1, 0.15) is 11.4 Å². The molecular formula is C22H20N4O2. The molecule has 0 N–H and O–H groups in total. The fourth-order valence-electron chi connectivity index (χ4n) is 3.93. The molecule has 1 atom stereocenters. The van der Waals surface area contributed by atoms with Gasteiger partial charge in [-0.2, -0.15) is 5.26 Å². The van der Waals surface area contributed by atoms with E-state index in [1.807, 2.05) is 0 Å². The van der Waals surface area contributed by atoms with Crippen LogP contribution >= 0.6 is 0 Å². The van der Waals surface area contributed by atoms with Gasteiger partial charge in [0, 0.05) is 18.0 Å². The number of anilines is 1. The molecule has 1 aliphatic carbocycles. The molecular weight excluding hydrogens is 352 g/mol. The van der Waals surface area contributed by atoms with Crippen LogP contribution in [0.1, 0.15) is 53.9 Å². The lowest BCUT2D eigenvalue weighted by Gasteiger charge is -2.31. The Balaban J connectivity index is 1.76. The molecule has 1 aromatic carbocycles. The minimum Gasteiger partial charge on any atom is -0.275 e. The summed E-state index contributed by atoms with van der Waals surface area (Å²) in [5.74, 6) is -1.22. The van der Waals surface area contributed by atoms with Crippen LogP contribution in [-0.2, 0) is 4.79 Å². The standard InChI is InChI=1S/C22H20N4O2/c23-15-22(11-5-1-6-12-22)25-14-18-16-8-2-3-9-17(16)20(27)26(21(18)28)19-10-4-7-13-24-19/h2-4,7-10,13-14,18H,1,5-6,11-12H2/t18-/m1/s1. The Bertz CT molecular complexity index is 972. The summed E-state index contributed by atoms with van der Waals surface area (Å²) >= 11 is 0. The van der Waals surface area contributed by atoms with Gasteiger partial charge in [-0.25, -0.2) is 9.88 Å². The molecule has 0 spiro atoms. The SMILES string of the molecule is N#CC1(N=C[C@H]2C(=O)N(c3ccccn3)C(=O)c3ccccc32)CCCCC1. The van der Waals surface area contributed by atoms with E-state index < -0.39 is 23.3 Å². The molecule has 1 aliphatic heterocycles. The Kier molecular flexibility index (Phi) is 4.74. The van der Waals surface area contributed by atoms with Crippen molar-refractivity contribution in [2.24, 2.45) is 4.99 Å². The van der Waals surface area contributed by atoms with Gasteiger partial charge in [0.15, 0.2) is 0 Å². The van der Waals surface area contributed by atoms with Crippen molar-refractivity contribution in [2.45, 2.75) is 43.6 Å². The normalized spacial score (nSPS) is 21.4. The summed E-state index contributed by atoms with van der Waals surface area (Å²) in [4.78, 5) is 36.1. The predicted octanol–water partition coefficient (Wildman–Crippen LogP) is 3.65. The Morgan fingerprint density at radius 2 is 1.86 bits per heavy atom. The molecule has 0 unspecified atom stereocenters. The second kappa shape index (κ2) is 7.35. The molecule has 1 aromatic heterocycles. The average molecular weight is 372 g/mol. The number of hydrogen-bond acceptors (Lipinski definition) is 5. The van der Waals surface area contributed by atoms with Crippen LogP contribution in [0.2, 0.25) is 0 Å². The maximum absolute atomic E-state index is 13.3. The predicted molar refractivity (Wildman–Crippen MR) is 105 cm³/mol. The van der Waals surface area contributed by atoms with E-state index in [4.69, 9.17) is 0 Å². The van der Waals surface area contributed by atoms with Crippen LogP contribution in [0.25, 0.3) is 0 Å². The molecule has 0 radical (unpaired) electrons. The van der Waals surface area contributed by atoms with Gasteiger partial charge >= 0.3 is 0 Å². The first-order valence-electron chi connectivity index (χ1n) is 9.50. The number of aromatic nitrogens is 1. The Hall–Kier alpha value is -3.33. The fourth-order valence-corrected chi connectivity index (χ4v) is 3.93. The number of rotatable bonds is 3. The van der Waals surface area contributed by atoms with Crippen molar-refractivity contribution in [3.63, 3.8) is 0 Å². The molecule has 2 aliphatic rings. The van der Waals surface area contributed by atoms with Crippen molar-refractivity contribution < 1.29 is 9.59 Å². The lowest BCUT2D eigenvalue weighted by atomic mass is 9.83. The van der Waals surface area contributed by atoms with Crippen LogP contribution in [0.3, 0.4) is 0 Å². The van der Waals surface area contributed by atoms with Gasteiger partial charge in [-0.05, 0) is 49.4 Å². The summed E-state index contributed by atoms with van der Waals surface area (Å²) in [6.07, 6.45) is 7.53. The van der Waals surface area contributed by atoms with E-state index in [1.165, 1.54) is 0 Å². The third-order valence-corrected chi connectivity index (χ3v) is 5.45. The molecule has 0 saturated heterocycles. The number of carbonyl (C=O) groups is 2. The number of hydrogen-bond donors (Lipinski definition) is 0. The summed E-state index contributed by atoms with van der Waals surface area (Å²) in [6, 6.07) is 14.5. The van der Waals surface area contributed by atoms with E-state index in [2.05, 4.69) is 16.0 Å². The van der Waals surface area contributed by atoms with E-state index in [1.54, 1.807) is 54.9 Å². The minimum atomic E-state index is -0.773. The number of carbonyl (C=O) groups excluding carboxylic acids is 2. The van der Waals surface area contributed by atoms with Crippen LogP contribution in [0.15, 0.2) is 53.7 Å². The molecule has 2 amide bonds. The quantitative estimate of drug-likeness (QED) is 0.608. The highest BCUT2D eigenvalue weighted by Crippen LogP contribution is 2.34. The highest BCUT2D eigenvalue weighted by Gasteiger charge is 2.40. The molecule has 1 saturated carbocycles. The van der Waals surface area contributed by atoms with Crippen molar-refractivity contribution in [1.29, 1.82) is 5.26 Å². The number of imide groups is 1. The van der Waals surface area contributed by atoms with Crippen molar-refractivity contribution in [3.05, 3.63) is 59.8 Å². The monoisotopic (exact) mass is 372 g/mol. The maximum Gasteiger partial charge on any atom is 0.266 e. The van der Waals surface area contributed by atoms with Gasteiger partial charge in [0.2, 0.25) is 5.91 Å². The lowest BCUT2D eigenvalue weighted by molar-refractivity contribution is -0.118. The second-order valence-corrected chi connectivity index (χ2v) is 7.21. The van der Waals surface area contributed by atoms with Crippen LogP contribution < -0.4 is 4.90 Å². The molecule has 140 valence electrons. The highest BCUT2D eigenvalue weighted by atomic mass is 16.2. The smallest absolute Gasteiger partial charge is 0.266 e. The Morgan fingerprint density at radius 1 is 1.11 bits per heavy atom. The summed E-state index contributed by atoms with van der Waals surface area (Å²) in [7, 11) is 0. The van der Waals surface area contributed by atoms with Crippen molar-refractivity contribution in [2.75, 3.05) is 4.90 Å². The molecule has 2 aromatic rings. The van der Waals surface area contributed by atoms with Gasteiger partial charge in [-0.1, -0.05) is 30.7 Å². The number of nitrogens with zero attached hydrogens (tertiary/aromatic N) is 4. The van der Waals surface area contributed by atoms with Crippen molar-refractivity contribution in [3.8, 4) is 6.07 Å². The van der Waals surface area contributed by atoms with E-state index in [9.17, 15) is 14.9 Å². The van der Waals surface area contributed by atoms with Crippen LogP contribution in [0.5, 0.6) is 0 Å². The van der Waals surface area contributed by atoms with Crippen LogP contribution in [-0.4, -0.2) is 28.6 Å². The molecule has 28 heavy (non-hydrogen) atoms. The van der Waals surface area contributed by atoms with Gasteiger partial charge in [-0.3, -0.25) is 14.6 Å². The van der Waals surface area contributed by atoms with E-state index in [0.717, 1.165) is 24.2 Å². The Morgan fingerprint density at radius 3 is 2.57 bits per heavy atom. The second-order valence-electron chi connectivity index (χ2n) is 7.21. The molecule has 6 nitrogen and oxygen atoms in total. The van der Waals surface area contributed by atoms with E-state index in [0.29, 0.717) is 24.0 Å². The van der Waals surface area contributed by atoms with E-state index >= 15 is 0 Å². The van der Waals surface area contributed by atoms with Crippen LogP contribution in [0, 0.1) is 11.3 Å². The number of benzene rings is 1. The topological polar surface area (TPSA) is 86.4 Å². The van der Waals surface area contributed by atoms with Gasteiger partial charge < -0.3 is 0 Å². The lowest BCUT2D eigenvalue weighted by Crippen LogP contribution is -2.46. The third-order valence-electron chi connectivity index (χ3n) is 5.45. The van der Waals surface area contributed by atoms with E-state index in [-0.39, 0.29) is 5.82 Å². The number of aliphatic imine (C=N–C) groups is 1. The largest absolute Gasteiger partial charge is 0.275 e. The fraction of sp³-hybridized carbons (Fsp3) is 0.318. The minimum absolute atomic E-state index is 0.290. The Labute approximate surface area is 163 Å². The number of amides is 2. The van der Waals surface area contributed by atoms with Crippen molar-refractivity contribution >= 4 is 23.8 Å². The molecule has 6 heteroatoms. The third kappa shape index (κ3) is 3.09. The molecule has 0 bridgehead atoms. The highest BCUT2D eigenvalue weighted by molar-refractivity contribution is 6.28. The van der Waals surface area contributed by atoms with Gasteiger partial charge in [-0.15, -0.1) is 0 Å². The number of fused-ring (bicyclic) bond motifs is 1. The zero-order valence-electron chi connectivity index (χ0n) is 15.4. The van der Waals surface area contributed by atoms with Gasteiger partial charge in [0.05, 0.1) is 12.0 Å². The van der Waals surface area contributed by atoms with Crippen LogP contribution in [0.4, 0.5) is 5.82 Å².